The van der Waals surface area contributed by atoms with Gasteiger partial charge in [-0.15, -0.1) is 0 Å². The maximum Gasteiger partial charge on any atom is 0.241 e. The van der Waals surface area contributed by atoms with E-state index in [4.69, 9.17) is 0 Å². The van der Waals surface area contributed by atoms with Crippen LogP contribution in [0.25, 0.3) is 0 Å². The van der Waals surface area contributed by atoms with E-state index in [9.17, 15) is 14.0 Å². The average molecular weight is 342 g/mol. The van der Waals surface area contributed by atoms with Crippen molar-refractivity contribution in [3.8, 4) is 0 Å². The maximum atomic E-state index is 12.9. The minimum atomic E-state index is -1.10. The van der Waals surface area contributed by atoms with Crippen LogP contribution in [0.2, 0.25) is 0 Å². The molecule has 1 aliphatic rings. The summed E-state index contributed by atoms with van der Waals surface area (Å²) in [7, 11) is 0. The molecule has 3 rings (SSSR count). The van der Waals surface area contributed by atoms with Crippen LogP contribution in [-0.4, -0.2) is 21.8 Å². The van der Waals surface area contributed by atoms with Crippen LogP contribution in [0.1, 0.15) is 38.3 Å². The Morgan fingerprint density at radius 2 is 1.68 bits per heavy atom. The van der Waals surface area contributed by atoms with E-state index in [0.29, 0.717) is 24.3 Å². The van der Waals surface area contributed by atoms with Gasteiger partial charge in [-0.1, -0.05) is 13.8 Å². The summed E-state index contributed by atoms with van der Waals surface area (Å²) in [6, 6.07) is 5.41. The molecule has 1 aromatic heterocycles. The van der Waals surface area contributed by atoms with Gasteiger partial charge < -0.3 is 10.6 Å². The van der Waals surface area contributed by atoms with Crippen LogP contribution in [0, 0.1) is 11.2 Å². The first kappa shape index (κ1) is 17.0. The van der Waals surface area contributed by atoms with E-state index in [0.717, 1.165) is 5.69 Å². The fraction of sp³-hybridized carbons (Fsp3) is 0.333. The minimum Gasteiger partial charge on any atom is -0.325 e. The van der Waals surface area contributed by atoms with E-state index in [1.165, 1.54) is 30.5 Å². The van der Waals surface area contributed by atoms with Crippen molar-refractivity contribution in [2.24, 2.45) is 5.41 Å². The first-order valence-corrected chi connectivity index (χ1v) is 8.11. The molecular weight excluding hydrogens is 323 g/mol. The van der Waals surface area contributed by atoms with E-state index in [2.05, 4.69) is 20.6 Å². The summed E-state index contributed by atoms with van der Waals surface area (Å²) in [5, 5.41) is 5.31. The quantitative estimate of drug-likeness (QED) is 0.818. The molecule has 6 nitrogen and oxygen atoms in total. The second-order valence-corrected chi connectivity index (χ2v) is 6.48. The van der Waals surface area contributed by atoms with Crippen LogP contribution in [0.4, 0.5) is 15.9 Å². The van der Waals surface area contributed by atoms with Gasteiger partial charge in [0, 0.05) is 5.69 Å². The summed E-state index contributed by atoms with van der Waals surface area (Å²) in [4.78, 5) is 33.4. The van der Waals surface area contributed by atoms with Gasteiger partial charge in [-0.3, -0.25) is 14.6 Å². The van der Waals surface area contributed by atoms with Crippen molar-refractivity contribution in [3.05, 3.63) is 48.2 Å². The largest absolute Gasteiger partial charge is 0.325 e. The third-order valence-corrected chi connectivity index (χ3v) is 4.23. The fourth-order valence-electron chi connectivity index (χ4n) is 2.40. The van der Waals surface area contributed by atoms with E-state index in [1.54, 1.807) is 6.20 Å². The molecule has 0 saturated heterocycles. The Morgan fingerprint density at radius 1 is 1.04 bits per heavy atom. The smallest absolute Gasteiger partial charge is 0.241 e. The Hall–Kier alpha value is -2.83. The number of hydrogen-bond donors (Lipinski definition) is 2. The monoisotopic (exact) mass is 342 g/mol. The van der Waals surface area contributed by atoms with Crippen molar-refractivity contribution in [2.45, 2.75) is 32.6 Å². The van der Waals surface area contributed by atoms with Gasteiger partial charge in [0.2, 0.25) is 11.8 Å². The molecule has 0 radical (unpaired) electrons. The molecule has 0 unspecified atom stereocenters. The lowest BCUT2D eigenvalue weighted by molar-refractivity contribution is -0.131. The van der Waals surface area contributed by atoms with Crippen molar-refractivity contribution in [3.63, 3.8) is 0 Å². The zero-order chi connectivity index (χ0) is 18.0. The number of carbonyl (C=O) groups is 2. The number of benzene rings is 1. The molecule has 2 aromatic rings. The van der Waals surface area contributed by atoms with Crippen LogP contribution in [0.5, 0.6) is 0 Å². The van der Waals surface area contributed by atoms with Crippen molar-refractivity contribution in [1.29, 1.82) is 0 Å². The highest BCUT2D eigenvalue weighted by molar-refractivity contribution is 6.16. The number of aromatic nitrogens is 2. The summed E-state index contributed by atoms with van der Waals surface area (Å²) in [6.07, 6.45) is 4.02. The van der Waals surface area contributed by atoms with Gasteiger partial charge >= 0.3 is 0 Å². The zero-order valence-corrected chi connectivity index (χ0v) is 14.0. The molecule has 1 aromatic carbocycles. The summed E-state index contributed by atoms with van der Waals surface area (Å²) in [6.45, 7) is 4.00. The Labute approximate surface area is 144 Å². The van der Waals surface area contributed by atoms with Crippen LogP contribution in [0.15, 0.2) is 36.7 Å². The van der Waals surface area contributed by atoms with Crippen molar-refractivity contribution in [2.75, 3.05) is 10.6 Å². The zero-order valence-electron chi connectivity index (χ0n) is 14.0. The molecule has 2 amide bonds. The molecule has 130 valence electrons. The molecule has 1 fully saturated rings. The number of rotatable bonds is 5. The van der Waals surface area contributed by atoms with E-state index < -0.39 is 17.2 Å². The molecule has 0 atom stereocenters. The van der Waals surface area contributed by atoms with Crippen LogP contribution in [0.3, 0.4) is 0 Å². The van der Waals surface area contributed by atoms with Gasteiger partial charge in [-0.25, -0.2) is 9.37 Å². The Bertz CT molecular complexity index is 784. The number of anilines is 2. The van der Waals surface area contributed by atoms with E-state index >= 15 is 0 Å². The van der Waals surface area contributed by atoms with Crippen molar-refractivity contribution in [1.82, 2.24) is 9.97 Å². The normalized spacial score (nSPS) is 14.9. The van der Waals surface area contributed by atoms with Gasteiger partial charge in [0.05, 0.1) is 18.1 Å². The number of halogens is 1. The molecule has 1 saturated carbocycles. The summed E-state index contributed by atoms with van der Waals surface area (Å²) < 4.78 is 12.9. The minimum absolute atomic E-state index is 0.244. The second kappa shape index (κ2) is 6.58. The topological polar surface area (TPSA) is 84.0 Å². The van der Waals surface area contributed by atoms with Gasteiger partial charge in [0.25, 0.3) is 0 Å². The van der Waals surface area contributed by atoms with Crippen molar-refractivity contribution >= 4 is 23.3 Å². The standard InChI is InChI=1S/C18H19FN4O2/c1-11(2)14-9-21-15(10-20-14)23-17(25)18(7-8-18)16(24)22-13-5-3-12(19)4-6-13/h3-6,9-11H,7-8H2,1-2H3,(H,22,24)(H,21,23,25). The maximum absolute atomic E-state index is 12.9. The number of amides is 2. The molecule has 0 bridgehead atoms. The van der Waals surface area contributed by atoms with Crippen molar-refractivity contribution < 1.29 is 14.0 Å². The molecule has 0 spiro atoms. The van der Waals surface area contributed by atoms with Gasteiger partial charge in [0.1, 0.15) is 11.2 Å². The van der Waals surface area contributed by atoms with Gasteiger partial charge in [-0.05, 0) is 43.0 Å². The molecule has 1 aliphatic carbocycles. The summed E-state index contributed by atoms with van der Waals surface area (Å²) >= 11 is 0. The molecule has 1 heterocycles. The SMILES string of the molecule is CC(C)c1cnc(NC(=O)C2(C(=O)Nc3ccc(F)cc3)CC2)cn1. The van der Waals surface area contributed by atoms with Crippen LogP contribution < -0.4 is 10.6 Å². The van der Waals surface area contributed by atoms with Crippen LogP contribution >= 0.6 is 0 Å². The molecular formula is C18H19FN4O2. The average Bonchev–Trinajstić information content (AvgIpc) is 3.39. The molecule has 25 heavy (non-hydrogen) atoms. The van der Waals surface area contributed by atoms with Crippen LogP contribution in [-0.2, 0) is 9.59 Å². The van der Waals surface area contributed by atoms with E-state index in [-0.39, 0.29) is 11.7 Å². The highest BCUT2D eigenvalue weighted by atomic mass is 19.1. The summed E-state index contributed by atoms with van der Waals surface area (Å²) in [5.41, 5.74) is 0.173. The third kappa shape index (κ3) is 3.65. The predicted molar refractivity (Wildman–Crippen MR) is 91.4 cm³/mol. The lowest BCUT2D eigenvalue weighted by Crippen LogP contribution is -2.35. The van der Waals surface area contributed by atoms with Gasteiger partial charge in [0.15, 0.2) is 5.82 Å². The predicted octanol–water partition coefficient (Wildman–Crippen LogP) is 3.10. The Morgan fingerprint density at radius 3 is 2.20 bits per heavy atom. The highest BCUT2D eigenvalue weighted by Gasteiger charge is 2.56. The first-order chi connectivity index (χ1) is 11.9. The fourth-order valence-corrected chi connectivity index (χ4v) is 2.40. The molecule has 7 heteroatoms. The number of nitrogens with one attached hydrogen (secondary N) is 2. The lowest BCUT2D eigenvalue weighted by atomic mass is 10.1. The molecule has 0 aliphatic heterocycles. The molecule has 2 N–H and O–H groups in total. The van der Waals surface area contributed by atoms with E-state index in [1.807, 2.05) is 13.8 Å². The highest BCUT2D eigenvalue weighted by Crippen LogP contribution is 2.47. The van der Waals surface area contributed by atoms with Gasteiger partial charge in [-0.2, -0.15) is 0 Å². The number of hydrogen-bond acceptors (Lipinski definition) is 4. The number of nitrogens with zero attached hydrogens (tertiary/aromatic N) is 2. The summed E-state index contributed by atoms with van der Waals surface area (Å²) in [5.74, 6) is -0.633. The Balaban J connectivity index is 1.66. The second-order valence-electron chi connectivity index (χ2n) is 6.48. The lowest BCUT2D eigenvalue weighted by Gasteiger charge is -2.15. The Kier molecular flexibility index (Phi) is 4.48. The first-order valence-electron chi connectivity index (χ1n) is 8.11. The third-order valence-electron chi connectivity index (χ3n) is 4.23. The number of carbonyl (C=O) groups excluding carboxylic acids is 2.